The van der Waals surface area contributed by atoms with E-state index < -0.39 is 37.1 Å². The van der Waals surface area contributed by atoms with Crippen LogP contribution in [0.2, 0.25) is 0 Å². The van der Waals surface area contributed by atoms with Crippen LogP contribution in [0, 0.1) is 13.8 Å². The molecule has 0 fully saturated rings. The van der Waals surface area contributed by atoms with Crippen LogP contribution in [0.25, 0.3) is 5.78 Å². The summed E-state index contributed by atoms with van der Waals surface area (Å²) >= 11 is 0. The number of aryl methyl sites for hydroxylation is 2. The van der Waals surface area contributed by atoms with E-state index in [1.54, 1.807) is 6.92 Å². The average Bonchev–Trinajstić information content (AvgIpc) is 3.18. The molecule has 0 unspecified atom stereocenters. The largest absolute Gasteiger partial charge is 0.456 e. The number of ether oxygens (including phenoxy) is 2. The maximum Gasteiger partial charge on any atom is 0.453 e. The molecule has 0 saturated carbocycles. The van der Waals surface area contributed by atoms with Gasteiger partial charge >= 0.3 is 18.8 Å². The first-order valence-corrected chi connectivity index (χ1v) is 9.75. The number of carbonyl (C=O) groups is 2. The Labute approximate surface area is 188 Å². The van der Waals surface area contributed by atoms with Crippen molar-refractivity contribution in [1.29, 1.82) is 0 Å². The van der Waals surface area contributed by atoms with Crippen molar-refractivity contribution in [3.8, 4) is 5.75 Å². The molecular formula is C20H18F5N5O4. The number of aromatic nitrogens is 4. The molecule has 182 valence electrons. The summed E-state index contributed by atoms with van der Waals surface area (Å²) in [7, 11) is 0. The molecule has 0 saturated heterocycles. The minimum absolute atomic E-state index is 0.0273. The van der Waals surface area contributed by atoms with Gasteiger partial charge in [-0.05, 0) is 38.0 Å². The highest BCUT2D eigenvalue weighted by molar-refractivity contribution is 5.94. The minimum atomic E-state index is -4.73. The van der Waals surface area contributed by atoms with Crippen molar-refractivity contribution in [1.82, 2.24) is 19.6 Å². The molecule has 0 radical (unpaired) electrons. The first-order valence-electron chi connectivity index (χ1n) is 9.75. The van der Waals surface area contributed by atoms with Crippen LogP contribution < -0.4 is 10.1 Å². The van der Waals surface area contributed by atoms with Crippen molar-refractivity contribution >= 4 is 23.3 Å². The van der Waals surface area contributed by atoms with Crippen molar-refractivity contribution < 1.29 is 41.0 Å². The summed E-state index contributed by atoms with van der Waals surface area (Å²) in [5.74, 6) is -3.35. The Morgan fingerprint density at radius 3 is 2.53 bits per heavy atom. The highest BCUT2D eigenvalue weighted by Gasteiger charge is 2.37. The zero-order valence-corrected chi connectivity index (χ0v) is 17.8. The Kier molecular flexibility index (Phi) is 7.27. The van der Waals surface area contributed by atoms with E-state index in [1.807, 2.05) is 0 Å². The number of fused-ring (bicyclic) bond motifs is 1. The molecule has 34 heavy (non-hydrogen) atoms. The second-order valence-corrected chi connectivity index (χ2v) is 6.99. The number of esters is 1. The fraction of sp³-hybridized carbons (Fsp3) is 0.350. The molecule has 0 aliphatic carbocycles. The maximum atomic E-state index is 12.9. The number of alkyl halides is 5. The third-order valence-electron chi connectivity index (χ3n) is 4.62. The van der Waals surface area contributed by atoms with Crippen LogP contribution in [0.3, 0.4) is 0 Å². The van der Waals surface area contributed by atoms with Gasteiger partial charge in [0.15, 0.2) is 6.61 Å². The molecule has 2 heterocycles. The van der Waals surface area contributed by atoms with Crippen LogP contribution in [0.1, 0.15) is 29.2 Å². The molecule has 1 amide bonds. The van der Waals surface area contributed by atoms with Gasteiger partial charge in [-0.15, -0.1) is 5.10 Å². The molecule has 14 heteroatoms. The Morgan fingerprint density at radius 1 is 1.15 bits per heavy atom. The number of hydrogen-bond acceptors (Lipinski definition) is 7. The molecule has 3 aromatic rings. The van der Waals surface area contributed by atoms with Gasteiger partial charge in [0.05, 0.1) is 5.69 Å². The Balaban J connectivity index is 1.59. The van der Waals surface area contributed by atoms with Crippen molar-refractivity contribution in [2.45, 2.75) is 39.5 Å². The van der Waals surface area contributed by atoms with Crippen molar-refractivity contribution in [2.24, 2.45) is 0 Å². The monoisotopic (exact) mass is 487 g/mol. The predicted octanol–water partition coefficient (Wildman–Crippen LogP) is 3.48. The molecule has 1 N–H and O–H groups in total. The molecular weight excluding hydrogens is 469 g/mol. The van der Waals surface area contributed by atoms with Crippen LogP contribution in [-0.2, 0) is 26.9 Å². The topological polar surface area (TPSA) is 108 Å². The van der Waals surface area contributed by atoms with E-state index in [4.69, 9.17) is 4.74 Å². The Hall–Kier alpha value is -3.84. The number of para-hydroxylation sites is 2. The molecule has 0 bridgehead atoms. The lowest BCUT2D eigenvalue weighted by atomic mass is 10.1. The highest BCUT2D eigenvalue weighted by Crippen LogP contribution is 2.27. The van der Waals surface area contributed by atoms with Gasteiger partial charge in [-0.2, -0.15) is 26.9 Å². The number of halogens is 5. The van der Waals surface area contributed by atoms with Gasteiger partial charge in [-0.1, -0.05) is 12.1 Å². The zero-order valence-electron chi connectivity index (χ0n) is 17.8. The van der Waals surface area contributed by atoms with E-state index in [0.29, 0.717) is 17.0 Å². The van der Waals surface area contributed by atoms with Crippen molar-refractivity contribution in [3.63, 3.8) is 0 Å². The third-order valence-corrected chi connectivity index (χ3v) is 4.62. The Morgan fingerprint density at radius 2 is 1.85 bits per heavy atom. The summed E-state index contributed by atoms with van der Waals surface area (Å²) in [5, 5.41) is 5.73. The fourth-order valence-corrected chi connectivity index (χ4v) is 3.09. The molecule has 3 rings (SSSR count). The van der Waals surface area contributed by atoms with E-state index in [1.165, 1.54) is 31.2 Å². The molecule has 0 aliphatic heterocycles. The lowest BCUT2D eigenvalue weighted by Crippen LogP contribution is -2.21. The number of anilines is 1. The first kappa shape index (κ1) is 24.8. The summed E-state index contributed by atoms with van der Waals surface area (Å²) in [5.41, 5.74) is 1.14. The van der Waals surface area contributed by atoms with Gasteiger partial charge in [0.25, 0.3) is 17.5 Å². The quantitative estimate of drug-likeness (QED) is 0.383. The number of nitrogens with one attached hydrogen (secondary N) is 1. The standard InChI is InChI=1S/C20H18F5N5O4/c1-10-12(11(2)30-19(26-10)28-17(29-30)20(23,24)25)7-8-16(32)33-9-15(31)27-13-5-3-4-6-14(13)34-18(21)22/h3-6,18H,7-9H2,1-2H3,(H,27,31). The van der Waals surface area contributed by atoms with E-state index in [2.05, 4.69) is 25.1 Å². The summed E-state index contributed by atoms with van der Waals surface area (Å²) in [6.07, 6.45) is -4.87. The minimum Gasteiger partial charge on any atom is -0.456 e. The number of amides is 1. The first-order chi connectivity index (χ1) is 16.0. The van der Waals surface area contributed by atoms with E-state index in [9.17, 15) is 31.5 Å². The number of carbonyl (C=O) groups excluding carboxylic acids is 2. The fourth-order valence-electron chi connectivity index (χ4n) is 3.09. The lowest BCUT2D eigenvalue weighted by Gasteiger charge is -2.12. The van der Waals surface area contributed by atoms with Crippen LogP contribution in [0.4, 0.5) is 27.6 Å². The van der Waals surface area contributed by atoms with E-state index >= 15 is 0 Å². The summed E-state index contributed by atoms with van der Waals surface area (Å²) in [4.78, 5) is 31.5. The van der Waals surface area contributed by atoms with Gasteiger partial charge in [0.2, 0.25) is 0 Å². The number of rotatable bonds is 8. The van der Waals surface area contributed by atoms with Crippen LogP contribution in [0.5, 0.6) is 5.75 Å². The zero-order chi connectivity index (χ0) is 25.0. The van der Waals surface area contributed by atoms with Gasteiger partial charge < -0.3 is 14.8 Å². The number of nitrogens with zero attached hydrogens (tertiary/aromatic N) is 4. The van der Waals surface area contributed by atoms with Crippen molar-refractivity contribution in [3.05, 3.63) is 47.0 Å². The van der Waals surface area contributed by atoms with Gasteiger partial charge in [0.1, 0.15) is 5.75 Å². The van der Waals surface area contributed by atoms with Crippen LogP contribution >= 0.6 is 0 Å². The molecule has 1 aromatic carbocycles. The summed E-state index contributed by atoms with van der Waals surface area (Å²) < 4.78 is 73.7. The van der Waals surface area contributed by atoms with Crippen LogP contribution in [-0.4, -0.2) is 44.7 Å². The van der Waals surface area contributed by atoms with Gasteiger partial charge in [0, 0.05) is 17.8 Å². The second kappa shape index (κ2) is 9.97. The van der Waals surface area contributed by atoms with Gasteiger partial charge in [-0.3, -0.25) is 9.59 Å². The molecule has 2 aromatic heterocycles. The van der Waals surface area contributed by atoms with Crippen molar-refractivity contribution in [2.75, 3.05) is 11.9 Å². The SMILES string of the molecule is Cc1nc2nc(C(F)(F)F)nn2c(C)c1CCC(=O)OCC(=O)Nc1ccccc1OC(F)F. The van der Waals surface area contributed by atoms with E-state index in [0.717, 1.165) is 4.52 Å². The molecule has 9 nitrogen and oxygen atoms in total. The van der Waals surface area contributed by atoms with Gasteiger partial charge in [-0.25, -0.2) is 9.50 Å². The number of benzene rings is 1. The average molecular weight is 487 g/mol. The Bertz CT molecular complexity index is 1210. The number of hydrogen-bond donors (Lipinski definition) is 1. The molecule has 0 atom stereocenters. The predicted molar refractivity (Wildman–Crippen MR) is 106 cm³/mol. The lowest BCUT2D eigenvalue weighted by molar-refractivity contribution is -0.147. The normalized spacial score (nSPS) is 11.6. The second-order valence-electron chi connectivity index (χ2n) is 6.99. The maximum absolute atomic E-state index is 12.9. The molecule has 0 aliphatic rings. The molecule has 0 spiro atoms. The smallest absolute Gasteiger partial charge is 0.453 e. The third kappa shape index (κ3) is 5.94. The highest BCUT2D eigenvalue weighted by atomic mass is 19.4. The summed E-state index contributed by atoms with van der Waals surface area (Å²) in [6, 6.07) is 5.49. The van der Waals surface area contributed by atoms with E-state index in [-0.39, 0.29) is 30.1 Å². The van der Waals surface area contributed by atoms with Crippen LogP contribution in [0.15, 0.2) is 24.3 Å². The summed E-state index contributed by atoms with van der Waals surface area (Å²) in [6.45, 7) is -0.699.